The molecule has 2 amide bonds. The van der Waals surface area contributed by atoms with Gasteiger partial charge in [-0.05, 0) is 31.8 Å². The fourth-order valence-corrected chi connectivity index (χ4v) is 2.99. The maximum atomic E-state index is 13.6. The molecule has 0 bridgehead atoms. The van der Waals surface area contributed by atoms with Gasteiger partial charge in [0, 0.05) is 52.0 Å². The molecule has 1 aromatic carbocycles. The first kappa shape index (κ1) is 24.6. The minimum Gasteiger partial charge on any atom is -0.374 e. The van der Waals surface area contributed by atoms with Crippen LogP contribution in [0.5, 0.6) is 0 Å². The number of imidazole rings is 1. The van der Waals surface area contributed by atoms with Crippen molar-refractivity contribution in [2.24, 2.45) is 7.05 Å². The summed E-state index contributed by atoms with van der Waals surface area (Å²) in [7, 11) is 5.00. The van der Waals surface area contributed by atoms with E-state index in [-0.39, 0.29) is 6.54 Å². The molecule has 1 atom stereocenters. The van der Waals surface area contributed by atoms with Gasteiger partial charge in [-0.1, -0.05) is 12.1 Å². The predicted molar refractivity (Wildman–Crippen MR) is 107 cm³/mol. The molecule has 11 heteroatoms. The molecule has 0 aliphatic carbocycles. The van der Waals surface area contributed by atoms with Gasteiger partial charge in [-0.2, -0.15) is 13.2 Å². The predicted octanol–water partition coefficient (Wildman–Crippen LogP) is 2.47. The number of halogens is 4. The number of nitrogens with one attached hydrogen (secondary N) is 1. The summed E-state index contributed by atoms with van der Waals surface area (Å²) < 4.78 is 55.0. The zero-order chi connectivity index (χ0) is 23.2. The second kappa shape index (κ2) is 10.1. The minimum absolute atomic E-state index is 0.156. The molecule has 2 rings (SSSR count). The number of likely N-dealkylation sites (N-methyl/N-ethyl adjacent to an activating group) is 1. The molecule has 172 valence electrons. The first-order chi connectivity index (χ1) is 14.4. The number of alkyl halides is 3. The Morgan fingerprint density at radius 2 is 1.84 bits per heavy atom. The Labute approximate surface area is 178 Å². The number of carbonyl (C=O) groups is 1. The number of hydrogen-bond acceptors (Lipinski definition) is 4. The van der Waals surface area contributed by atoms with Gasteiger partial charge in [0.2, 0.25) is 5.60 Å². The van der Waals surface area contributed by atoms with Crippen molar-refractivity contribution in [3.63, 3.8) is 0 Å². The van der Waals surface area contributed by atoms with Gasteiger partial charge in [-0.25, -0.2) is 14.2 Å². The molecule has 0 aliphatic heterocycles. The highest BCUT2D eigenvalue weighted by atomic mass is 19.4. The SMILES string of the molecule is CN(C)CCN(Cc1ccc(F)cc1)C(=O)NCCC(O)(c1nccn1C)C(F)(F)F. The molecule has 1 aromatic heterocycles. The van der Waals surface area contributed by atoms with Gasteiger partial charge in [-0.15, -0.1) is 0 Å². The number of benzene rings is 1. The van der Waals surface area contributed by atoms with Gasteiger partial charge in [0.25, 0.3) is 0 Å². The lowest BCUT2D eigenvalue weighted by Gasteiger charge is -2.30. The van der Waals surface area contributed by atoms with E-state index in [1.165, 1.54) is 42.4 Å². The number of rotatable bonds is 9. The number of aromatic nitrogens is 2. The molecule has 0 fully saturated rings. The highest BCUT2D eigenvalue weighted by Crippen LogP contribution is 2.40. The Balaban J connectivity index is 2.07. The van der Waals surface area contributed by atoms with Crippen LogP contribution in [0.1, 0.15) is 17.8 Å². The van der Waals surface area contributed by atoms with Crippen LogP contribution in [-0.2, 0) is 19.2 Å². The van der Waals surface area contributed by atoms with E-state index < -0.39 is 42.4 Å². The van der Waals surface area contributed by atoms with Crippen molar-refractivity contribution in [2.75, 3.05) is 33.7 Å². The van der Waals surface area contributed by atoms with Crippen molar-refractivity contribution < 1.29 is 27.5 Å². The van der Waals surface area contributed by atoms with Crippen LogP contribution in [0.25, 0.3) is 0 Å². The lowest BCUT2D eigenvalue weighted by atomic mass is 9.97. The van der Waals surface area contributed by atoms with E-state index in [0.29, 0.717) is 18.7 Å². The third kappa shape index (κ3) is 6.41. The molecule has 2 aromatic rings. The number of urea groups is 1. The summed E-state index contributed by atoms with van der Waals surface area (Å²) in [6.07, 6.45) is -3.31. The third-order valence-electron chi connectivity index (χ3n) is 4.81. The molecule has 0 aliphatic rings. The Kier molecular flexibility index (Phi) is 8.02. The number of amides is 2. The summed E-state index contributed by atoms with van der Waals surface area (Å²) in [5.41, 5.74) is -2.53. The Morgan fingerprint density at radius 3 is 2.35 bits per heavy atom. The van der Waals surface area contributed by atoms with E-state index in [4.69, 9.17) is 0 Å². The molecule has 0 spiro atoms. The van der Waals surface area contributed by atoms with Gasteiger partial charge in [0.1, 0.15) is 11.6 Å². The Bertz CT molecular complexity index is 854. The van der Waals surface area contributed by atoms with Crippen molar-refractivity contribution >= 4 is 6.03 Å². The Morgan fingerprint density at radius 1 is 1.19 bits per heavy atom. The van der Waals surface area contributed by atoms with Crippen LogP contribution in [0.15, 0.2) is 36.7 Å². The highest BCUT2D eigenvalue weighted by Gasteiger charge is 2.57. The van der Waals surface area contributed by atoms with Crippen LogP contribution in [-0.4, -0.2) is 70.4 Å². The quantitative estimate of drug-likeness (QED) is 0.582. The van der Waals surface area contributed by atoms with Gasteiger partial charge in [-0.3, -0.25) is 0 Å². The Hall–Kier alpha value is -2.66. The molecule has 7 nitrogen and oxygen atoms in total. The smallest absolute Gasteiger partial charge is 0.374 e. The van der Waals surface area contributed by atoms with Crippen molar-refractivity contribution in [1.29, 1.82) is 0 Å². The average Bonchev–Trinajstić information content (AvgIpc) is 3.11. The molecule has 2 N–H and O–H groups in total. The molecule has 0 radical (unpaired) electrons. The summed E-state index contributed by atoms with van der Waals surface area (Å²) in [5.74, 6) is -0.959. The monoisotopic (exact) mass is 445 g/mol. The third-order valence-corrected chi connectivity index (χ3v) is 4.81. The zero-order valence-electron chi connectivity index (χ0n) is 17.7. The van der Waals surface area contributed by atoms with Crippen molar-refractivity contribution in [2.45, 2.75) is 24.7 Å². The summed E-state index contributed by atoms with van der Waals surface area (Å²) in [5, 5.41) is 12.8. The summed E-state index contributed by atoms with van der Waals surface area (Å²) in [4.78, 5) is 19.6. The number of carbonyl (C=O) groups excluding carboxylic acids is 1. The lowest BCUT2D eigenvalue weighted by molar-refractivity contribution is -0.272. The second-order valence-corrected chi connectivity index (χ2v) is 7.55. The fourth-order valence-electron chi connectivity index (χ4n) is 2.99. The highest BCUT2D eigenvalue weighted by molar-refractivity contribution is 5.74. The molecule has 0 saturated heterocycles. The fraction of sp³-hybridized carbons (Fsp3) is 0.500. The van der Waals surface area contributed by atoms with E-state index in [1.807, 2.05) is 19.0 Å². The molecular weight excluding hydrogens is 418 g/mol. The second-order valence-electron chi connectivity index (χ2n) is 7.55. The first-order valence-corrected chi connectivity index (χ1v) is 9.63. The van der Waals surface area contributed by atoms with Crippen molar-refractivity contribution in [1.82, 2.24) is 24.7 Å². The zero-order valence-corrected chi connectivity index (χ0v) is 17.7. The lowest BCUT2D eigenvalue weighted by Crippen LogP contribution is -2.48. The van der Waals surface area contributed by atoms with E-state index in [2.05, 4.69) is 10.3 Å². The molecule has 1 unspecified atom stereocenters. The number of aryl methyl sites for hydroxylation is 1. The van der Waals surface area contributed by atoms with Crippen LogP contribution in [0.2, 0.25) is 0 Å². The maximum absolute atomic E-state index is 13.6. The maximum Gasteiger partial charge on any atom is 0.424 e. The number of aliphatic hydroxyl groups is 1. The van der Waals surface area contributed by atoms with E-state index in [0.717, 1.165) is 10.8 Å². The van der Waals surface area contributed by atoms with Gasteiger partial charge in [0.15, 0.2) is 0 Å². The summed E-state index contributed by atoms with van der Waals surface area (Å²) in [6.45, 7) is 0.555. The van der Waals surface area contributed by atoms with Gasteiger partial charge in [0.05, 0.1) is 0 Å². The summed E-state index contributed by atoms with van der Waals surface area (Å²) >= 11 is 0. The summed E-state index contributed by atoms with van der Waals surface area (Å²) in [6, 6.07) is 5.03. The molecule has 0 saturated carbocycles. The van der Waals surface area contributed by atoms with Crippen LogP contribution < -0.4 is 5.32 Å². The molecule has 1 heterocycles. The van der Waals surface area contributed by atoms with Crippen LogP contribution in [0.4, 0.5) is 22.4 Å². The van der Waals surface area contributed by atoms with Gasteiger partial charge >= 0.3 is 12.2 Å². The molecule has 31 heavy (non-hydrogen) atoms. The average molecular weight is 445 g/mol. The largest absolute Gasteiger partial charge is 0.424 e. The van der Waals surface area contributed by atoms with Crippen molar-refractivity contribution in [3.8, 4) is 0 Å². The molecular formula is C20H27F4N5O2. The van der Waals surface area contributed by atoms with Crippen LogP contribution in [0.3, 0.4) is 0 Å². The van der Waals surface area contributed by atoms with Gasteiger partial charge < -0.3 is 24.8 Å². The minimum atomic E-state index is -4.98. The van der Waals surface area contributed by atoms with Crippen LogP contribution >= 0.6 is 0 Å². The van der Waals surface area contributed by atoms with E-state index in [1.54, 1.807) is 0 Å². The van der Waals surface area contributed by atoms with E-state index in [9.17, 15) is 27.5 Å². The van der Waals surface area contributed by atoms with E-state index >= 15 is 0 Å². The topological polar surface area (TPSA) is 73.6 Å². The van der Waals surface area contributed by atoms with Crippen LogP contribution in [0, 0.1) is 5.82 Å². The normalized spacial score (nSPS) is 13.8. The number of hydrogen-bond donors (Lipinski definition) is 2. The first-order valence-electron chi connectivity index (χ1n) is 9.63. The number of nitrogens with zero attached hydrogens (tertiary/aromatic N) is 4. The standard InChI is InChI=1S/C20H27F4N5O2/c1-27(2)12-13-29(14-15-4-6-16(21)7-5-15)18(30)26-9-8-19(31,20(22,23)24)17-25-10-11-28(17)3/h4-7,10-11,31H,8-9,12-14H2,1-3H3,(H,26,30). The van der Waals surface area contributed by atoms with Crippen molar-refractivity contribution in [3.05, 3.63) is 53.9 Å².